The van der Waals surface area contributed by atoms with E-state index in [4.69, 9.17) is 19.3 Å². The van der Waals surface area contributed by atoms with Crippen LogP contribution in [0.2, 0.25) is 0 Å². The summed E-state index contributed by atoms with van der Waals surface area (Å²) in [7, 11) is -17.4. The van der Waals surface area contributed by atoms with E-state index in [1.807, 2.05) is 0 Å². The standard InChI is InChI=1S/C36H36N6O20S6/c43-35-29-13-14-31(37-23-67(51,52)53)33(40-38-25-9-11-28(12-10-25)66(49,50)20-16-57-64-62-60-46)30(29)22-32(63-61-59-45)34(35)41-39-26-6-4-5-24(21-26)36(44)42(27-7-2-1-3-8-27)15-18-65(47,48)19-17-58-68(54,55)56/h1-14,21-22,37,43,45-46H,15-20,23H2,(H,51,52,53)(H,54,55,56). The Balaban J connectivity index is 1.48. The maximum atomic E-state index is 13.9. The number of azo groups is 2. The number of sulfone groups is 2. The predicted molar refractivity (Wildman–Crippen MR) is 242 cm³/mol. The van der Waals surface area contributed by atoms with Crippen LogP contribution in [0.1, 0.15) is 10.4 Å². The fraction of sp³-hybridized carbons (Fsp3) is 0.194. The molecule has 1 amide bonds. The number of hydrogen-bond donors (Lipinski definition) is 6. The number of anilines is 2. The minimum absolute atomic E-state index is 0.00786. The average molecular weight is 1070 g/mol. The van der Waals surface area contributed by atoms with E-state index in [-0.39, 0.29) is 80.0 Å². The lowest BCUT2D eigenvalue weighted by atomic mass is 10.1. The van der Waals surface area contributed by atoms with E-state index in [2.05, 4.69) is 48.7 Å². The molecule has 5 aromatic rings. The molecule has 0 aromatic heterocycles. The van der Waals surface area contributed by atoms with E-state index in [0.29, 0.717) is 17.7 Å². The minimum Gasteiger partial charge on any atom is -0.505 e. The number of carbonyl (C=O) groups is 1. The molecule has 366 valence electrons. The molecular formula is C36H36N6O20S6. The van der Waals surface area contributed by atoms with E-state index in [0.717, 1.165) is 4.90 Å². The van der Waals surface area contributed by atoms with E-state index in [1.54, 1.807) is 30.3 Å². The third-order valence-electron chi connectivity index (χ3n) is 8.73. The Morgan fingerprint density at radius 1 is 0.691 bits per heavy atom. The van der Waals surface area contributed by atoms with Gasteiger partial charge in [0.2, 0.25) is 0 Å². The van der Waals surface area contributed by atoms with Gasteiger partial charge in [-0.3, -0.25) is 18.1 Å². The van der Waals surface area contributed by atoms with E-state index in [9.17, 15) is 48.1 Å². The van der Waals surface area contributed by atoms with Gasteiger partial charge in [0.05, 0.1) is 69.4 Å². The van der Waals surface area contributed by atoms with Crippen LogP contribution in [-0.2, 0) is 67.3 Å². The SMILES string of the molecule is O=C(c1cccc(N=Nc2c(SOOO)cc3c(N=Nc4ccc(S(=O)(=O)CCOSOOO)cc4)c(NCS(=O)(=O)O)ccc3c2O)c1)N(CCS(=O)(=O)CCOS(=O)(=O)O)c1ccccc1. The summed E-state index contributed by atoms with van der Waals surface area (Å²) in [6.45, 7) is -1.57. The average Bonchev–Trinajstić information content (AvgIpc) is 3.29. The zero-order valence-electron chi connectivity index (χ0n) is 34.2. The molecule has 0 aliphatic carbocycles. The van der Waals surface area contributed by atoms with Gasteiger partial charge in [0.1, 0.15) is 17.3 Å². The van der Waals surface area contributed by atoms with Crippen LogP contribution in [-0.4, -0.2) is 107 Å². The second-order valence-corrected chi connectivity index (χ2v) is 21.5. The number of fused-ring (bicyclic) bond motifs is 1. The Labute approximate surface area is 395 Å². The second kappa shape index (κ2) is 24.3. The van der Waals surface area contributed by atoms with Crippen molar-refractivity contribution in [2.45, 2.75) is 9.79 Å². The molecule has 6 N–H and O–H groups in total. The number of carbonyl (C=O) groups excluding carboxylic acids is 1. The first kappa shape index (κ1) is 53.7. The zero-order valence-corrected chi connectivity index (χ0v) is 39.1. The summed E-state index contributed by atoms with van der Waals surface area (Å²) in [5.41, 5.74) is 0.000714. The summed E-state index contributed by atoms with van der Waals surface area (Å²) in [6, 6.07) is 22.6. The van der Waals surface area contributed by atoms with Gasteiger partial charge >= 0.3 is 10.4 Å². The molecule has 0 bridgehead atoms. The van der Waals surface area contributed by atoms with Crippen molar-refractivity contribution < 1.29 is 90.3 Å². The quantitative estimate of drug-likeness (QED) is 0.00835. The van der Waals surface area contributed by atoms with Gasteiger partial charge in [-0.05, 0) is 72.8 Å². The maximum Gasteiger partial charge on any atom is 0.397 e. The number of hydrogen-bond acceptors (Lipinski definition) is 25. The summed E-state index contributed by atoms with van der Waals surface area (Å²) >= 11 is 0.534. The number of nitrogens with one attached hydrogen (secondary N) is 1. The molecule has 26 nitrogen and oxygen atoms in total. The molecule has 0 fully saturated rings. The summed E-state index contributed by atoms with van der Waals surface area (Å²) in [5, 5.41) is 55.2. The Bertz CT molecular complexity index is 3080. The van der Waals surface area contributed by atoms with Crippen LogP contribution in [0, 0.1) is 0 Å². The van der Waals surface area contributed by atoms with Crippen molar-refractivity contribution in [2.24, 2.45) is 20.5 Å². The molecule has 0 aliphatic rings. The minimum atomic E-state index is -4.88. The number of rotatable bonds is 26. The highest BCUT2D eigenvalue weighted by Crippen LogP contribution is 2.48. The van der Waals surface area contributed by atoms with Crippen LogP contribution >= 0.6 is 24.4 Å². The maximum absolute atomic E-state index is 13.9. The van der Waals surface area contributed by atoms with Gasteiger partial charge in [-0.15, -0.1) is 18.9 Å². The highest BCUT2D eigenvalue weighted by molar-refractivity contribution is 7.94. The smallest absolute Gasteiger partial charge is 0.397 e. The van der Waals surface area contributed by atoms with Crippen LogP contribution in [0.3, 0.4) is 0 Å². The number of aromatic hydroxyl groups is 1. The molecule has 0 saturated carbocycles. The van der Waals surface area contributed by atoms with Gasteiger partial charge < -0.3 is 15.3 Å². The number of phenols is 1. The Morgan fingerprint density at radius 3 is 2.06 bits per heavy atom. The molecular weight excluding hydrogens is 1030 g/mol. The number of amides is 1. The normalized spacial score (nSPS) is 12.6. The van der Waals surface area contributed by atoms with Crippen molar-refractivity contribution in [3.8, 4) is 5.75 Å². The molecule has 68 heavy (non-hydrogen) atoms. The van der Waals surface area contributed by atoms with Gasteiger partial charge in [-0.1, -0.05) is 34.3 Å². The fourth-order valence-corrected chi connectivity index (χ4v) is 9.35. The van der Waals surface area contributed by atoms with E-state index < -0.39 is 81.6 Å². The lowest BCUT2D eigenvalue weighted by Crippen LogP contribution is -2.36. The van der Waals surface area contributed by atoms with E-state index >= 15 is 0 Å². The van der Waals surface area contributed by atoms with Gasteiger partial charge in [0.15, 0.2) is 37.7 Å². The summed E-state index contributed by atoms with van der Waals surface area (Å²) in [6.07, 6.45) is 0. The lowest BCUT2D eigenvalue weighted by Gasteiger charge is -2.23. The van der Waals surface area contributed by atoms with Crippen LogP contribution < -0.4 is 10.2 Å². The second-order valence-electron chi connectivity index (χ2n) is 13.2. The Morgan fingerprint density at radius 2 is 1.38 bits per heavy atom. The number of phenolic OH excluding ortho intramolecular Hbond substituents is 1. The molecule has 0 radical (unpaired) electrons. The topological polar surface area (TPSA) is 375 Å². The summed E-state index contributed by atoms with van der Waals surface area (Å²) in [5.74, 6) is -4.13. The van der Waals surface area contributed by atoms with Crippen molar-refractivity contribution >= 4 is 115 Å². The Kier molecular flexibility index (Phi) is 19.2. The number of nitrogens with zero attached hydrogens (tertiary/aromatic N) is 5. The molecule has 5 aromatic carbocycles. The predicted octanol–water partition coefficient (Wildman–Crippen LogP) is 6.72. The van der Waals surface area contributed by atoms with Gasteiger partial charge in [-0.25, -0.2) is 31.5 Å². The monoisotopic (exact) mass is 1060 g/mol. The lowest BCUT2D eigenvalue weighted by molar-refractivity contribution is -0.434. The van der Waals surface area contributed by atoms with E-state index in [1.165, 1.54) is 66.7 Å². The largest absolute Gasteiger partial charge is 0.505 e. The molecule has 0 atom stereocenters. The van der Waals surface area contributed by atoms with Crippen LogP contribution in [0.15, 0.2) is 127 Å². The first-order valence-corrected chi connectivity index (χ1v) is 26.4. The third-order valence-corrected chi connectivity index (χ3v) is 14.0. The van der Waals surface area contributed by atoms with Crippen molar-refractivity contribution in [3.05, 3.63) is 103 Å². The van der Waals surface area contributed by atoms with Gasteiger partial charge in [0, 0.05) is 28.6 Å². The number of benzene rings is 5. The molecule has 0 saturated heterocycles. The first-order chi connectivity index (χ1) is 32.2. The highest BCUT2D eigenvalue weighted by atomic mass is 32.3. The molecule has 0 spiro atoms. The van der Waals surface area contributed by atoms with Crippen molar-refractivity contribution in [1.29, 1.82) is 0 Å². The zero-order chi connectivity index (χ0) is 49.5. The van der Waals surface area contributed by atoms with Crippen molar-refractivity contribution in [3.63, 3.8) is 0 Å². The molecule has 0 aliphatic heterocycles. The summed E-state index contributed by atoms with van der Waals surface area (Å²) in [4.78, 5) is 14.9. The summed E-state index contributed by atoms with van der Waals surface area (Å²) < 4.78 is 132. The molecule has 5 rings (SSSR count). The van der Waals surface area contributed by atoms with Gasteiger partial charge in [0.25, 0.3) is 16.0 Å². The fourth-order valence-electron chi connectivity index (χ4n) is 5.71. The van der Waals surface area contributed by atoms with Crippen LogP contribution in [0.4, 0.5) is 34.1 Å². The van der Waals surface area contributed by atoms with Crippen LogP contribution in [0.25, 0.3) is 10.8 Å². The molecule has 0 unspecified atom stereocenters. The highest BCUT2D eigenvalue weighted by Gasteiger charge is 2.24. The third kappa shape index (κ3) is 16.2. The number of para-hydroxylation sites is 1. The Hall–Kier alpha value is -5.27. The van der Waals surface area contributed by atoms with Gasteiger partial charge in [-0.2, -0.15) is 27.1 Å². The first-order valence-electron chi connectivity index (χ1n) is 18.6. The van der Waals surface area contributed by atoms with Crippen molar-refractivity contribution in [1.82, 2.24) is 0 Å². The van der Waals surface area contributed by atoms with Crippen molar-refractivity contribution in [2.75, 3.05) is 53.1 Å². The molecule has 32 heteroatoms. The van der Waals surface area contributed by atoms with Crippen LogP contribution in [0.5, 0.6) is 5.75 Å². The molecule has 0 heterocycles.